The zero-order valence-electron chi connectivity index (χ0n) is 20.7. The van der Waals surface area contributed by atoms with Gasteiger partial charge in [-0.1, -0.05) is 58.0 Å². The summed E-state index contributed by atoms with van der Waals surface area (Å²) in [5.74, 6) is 1.19. The van der Waals surface area contributed by atoms with Gasteiger partial charge in [-0.3, -0.25) is 4.79 Å². The van der Waals surface area contributed by atoms with Gasteiger partial charge in [0.25, 0.3) is 0 Å². The lowest BCUT2D eigenvalue weighted by Crippen LogP contribution is -2.13. The van der Waals surface area contributed by atoms with Gasteiger partial charge in [0.2, 0.25) is 0 Å². The topological polar surface area (TPSA) is 81.8 Å². The van der Waals surface area contributed by atoms with Gasteiger partial charge in [-0.25, -0.2) is 0 Å². The standard InChI is InChI=1S/C28H37NO4/c1-7-24(17-25(19(3)30)21-11-9-10-20(14-21)18-29)33-26-16-23(28(4,5)6)13-12-22(26)15-27(31)32-8-2/h9-14,16-17,30H,7-8,15,18,29H2,1-6H3/b24-17+,25-19-. The van der Waals surface area contributed by atoms with E-state index in [0.717, 1.165) is 22.3 Å². The Labute approximate surface area is 197 Å². The van der Waals surface area contributed by atoms with Gasteiger partial charge in [0.1, 0.15) is 11.5 Å². The van der Waals surface area contributed by atoms with E-state index in [0.29, 0.717) is 36.7 Å². The molecule has 0 aromatic heterocycles. The number of carbonyl (C=O) groups excluding carboxylic acids is 1. The molecule has 2 aromatic carbocycles. The summed E-state index contributed by atoms with van der Waals surface area (Å²) in [4.78, 5) is 12.2. The van der Waals surface area contributed by atoms with Gasteiger partial charge < -0.3 is 20.3 Å². The molecule has 0 saturated heterocycles. The molecule has 0 aliphatic heterocycles. The number of carbonyl (C=O) groups is 1. The summed E-state index contributed by atoms with van der Waals surface area (Å²) in [5, 5.41) is 10.4. The fourth-order valence-electron chi connectivity index (χ4n) is 3.40. The quantitative estimate of drug-likeness (QED) is 0.269. The van der Waals surface area contributed by atoms with Crippen molar-refractivity contribution in [1.29, 1.82) is 0 Å². The monoisotopic (exact) mass is 451 g/mol. The molecule has 0 aliphatic carbocycles. The maximum absolute atomic E-state index is 12.2. The first-order chi connectivity index (χ1) is 15.6. The summed E-state index contributed by atoms with van der Waals surface area (Å²) in [5.41, 5.74) is 10.1. The van der Waals surface area contributed by atoms with Crippen LogP contribution in [0.25, 0.3) is 5.57 Å². The number of benzene rings is 2. The minimum Gasteiger partial charge on any atom is -0.512 e. The second-order valence-electron chi connectivity index (χ2n) is 9.02. The van der Waals surface area contributed by atoms with Crippen LogP contribution in [0.2, 0.25) is 0 Å². The average molecular weight is 452 g/mol. The molecule has 0 bridgehead atoms. The molecule has 0 spiro atoms. The van der Waals surface area contributed by atoms with Crippen LogP contribution in [0.5, 0.6) is 5.75 Å². The molecule has 3 N–H and O–H groups in total. The maximum Gasteiger partial charge on any atom is 0.310 e. The number of aliphatic hydroxyl groups is 1. The Balaban J connectivity index is 2.50. The van der Waals surface area contributed by atoms with Gasteiger partial charge in [0.15, 0.2) is 0 Å². The molecule has 33 heavy (non-hydrogen) atoms. The third-order valence-electron chi connectivity index (χ3n) is 5.33. The van der Waals surface area contributed by atoms with Gasteiger partial charge in [-0.05, 0) is 54.2 Å². The summed E-state index contributed by atoms with van der Waals surface area (Å²) < 4.78 is 11.5. The third kappa shape index (κ3) is 7.50. The van der Waals surface area contributed by atoms with Crippen LogP contribution in [-0.4, -0.2) is 17.7 Å². The van der Waals surface area contributed by atoms with Crippen LogP contribution < -0.4 is 10.5 Å². The third-order valence-corrected chi connectivity index (χ3v) is 5.33. The van der Waals surface area contributed by atoms with Gasteiger partial charge in [-0.2, -0.15) is 0 Å². The number of ether oxygens (including phenoxy) is 2. The highest BCUT2D eigenvalue weighted by Crippen LogP contribution is 2.32. The predicted molar refractivity (Wildman–Crippen MR) is 134 cm³/mol. The second kappa shape index (κ2) is 11.7. The second-order valence-corrected chi connectivity index (χ2v) is 9.02. The molecular formula is C28H37NO4. The van der Waals surface area contributed by atoms with Crippen molar-refractivity contribution in [2.24, 2.45) is 5.73 Å². The van der Waals surface area contributed by atoms with Crippen molar-refractivity contribution in [1.82, 2.24) is 0 Å². The number of esters is 1. The molecule has 178 valence electrons. The van der Waals surface area contributed by atoms with Crippen molar-refractivity contribution in [2.45, 2.75) is 66.3 Å². The largest absolute Gasteiger partial charge is 0.512 e. The Morgan fingerprint density at radius 2 is 1.85 bits per heavy atom. The highest BCUT2D eigenvalue weighted by molar-refractivity contribution is 5.76. The molecular weight excluding hydrogens is 414 g/mol. The van der Waals surface area contributed by atoms with Gasteiger partial charge in [-0.15, -0.1) is 0 Å². The number of rotatable bonds is 9. The maximum atomic E-state index is 12.2. The van der Waals surface area contributed by atoms with E-state index < -0.39 is 0 Å². The highest BCUT2D eigenvalue weighted by atomic mass is 16.5. The number of aliphatic hydroxyl groups excluding tert-OH is 1. The van der Waals surface area contributed by atoms with E-state index in [1.165, 1.54) is 0 Å². The van der Waals surface area contributed by atoms with Crippen molar-refractivity contribution in [3.05, 3.63) is 82.3 Å². The Morgan fingerprint density at radius 3 is 2.42 bits per heavy atom. The molecule has 5 heteroatoms. The molecule has 0 radical (unpaired) electrons. The van der Waals surface area contributed by atoms with Crippen LogP contribution in [0.1, 0.15) is 70.2 Å². The Bertz CT molecular complexity index is 1020. The first-order valence-electron chi connectivity index (χ1n) is 11.5. The Hall–Kier alpha value is -3.05. The van der Waals surface area contributed by atoms with Gasteiger partial charge >= 0.3 is 5.97 Å². The smallest absolute Gasteiger partial charge is 0.310 e. The minimum atomic E-state index is -0.293. The SMILES string of the molecule is CCOC(=O)Cc1ccc(C(C)(C)C)cc1O/C(=C/C(=C(\C)O)c1cccc(CN)c1)CC. The van der Waals surface area contributed by atoms with Crippen LogP contribution >= 0.6 is 0 Å². The van der Waals surface area contributed by atoms with E-state index in [1.807, 2.05) is 55.5 Å². The average Bonchev–Trinajstić information content (AvgIpc) is 2.76. The first kappa shape index (κ1) is 26.2. The molecule has 0 amide bonds. The van der Waals surface area contributed by atoms with E-state index in [9.17, 15) is 9.90 Å². The normalized spacial score (nSPS) is 12.9. The molecule has 0 aliphatic rings. The molecule has 0 atom stereocenters. The van der Waals surface area contributed by atoms with Crippen molar-refractivity contribution < 1.29 is 19.4 Å². The lowest BCUT2D eigenvalue weighted by Gasteiger charge is -2.22. The lowest BCUT2D eigenvalue weighted by molar-refractivity contribution is -0.142. The van der Waals surface area contributed by atoms with E-state index in [-0.39, 0.29) is 23.6 Å². The number of hydrogen-bond acceptors (Lipinski definition) is 5. The first-order valence-corrected chi connectivity index (χ1v) is 11.5. The molecule has 0 heterocycles. The minimum absolute atomic E-state index is 0.0773. The van der Waals surface area contributed by atoms with Gasteiger partial charge in [0, 0.05) is 24.1 Å². The molecule has 0 fully saturated rings. The lowest BCUT2D eigenvalue weighted by atomic mass is 9.86. The number of nitrogens with two attached hydrogens (primary N) is 1. The van der Waals surface area contributed by atoms with Gasteiger partial charge in [0.05, 0.1) is 18.8 Å². The van der Waals surface area contributed by atoms with Crippen molar-refractivity contribution in [3.8, 4) is 5.75 Å². The summed E-state index contributed by atoms with van der Waals surface area (Å²) in [6.45, 7) is 12.6. The van der Waals surface area contributed by atoms with Crippen LogP contribution in [0, 0.1) is 0 Å². The fraction of sp³-hybridized carbons (Fsp3) is 0.393. The van der Waals surface area contributed by atoms with Crippen molar-refractivity contribution >= 4 is 11.5 Å². The van der Waals surface area contributed by atoms with Crippen molar-refractivity contribution in [3.63, 3.8) is 0 Å². The summed E-state index contributed by atoms with van der Waals surface area (Å²) in [6.07, 6.45) is 2.58. The van der Waals surface area contributed by atoms with Crippen LogP contribution in [0.15, 0.2) is 60.1 Å². The van der Waals surface area contributed by atoms with E-state index in [2.05, 4.69) is 20.8 Å². The molecule has 2 aromatic rings. The van der Waals surface area contributed by atoms with Crippen LogP contribution in [-0.2, 0) is 27.9 Å². The zero-order chi connectivity index (χ0) is 24.6. The number of allylic oxidation sites excluding steroid dienone is 4. The zero-order valence-corrected chi connectivity index (χ0v) is 20.7. The summed E-state index contributed by atoms with van der Waals surface area (Å²) >= 11 is 0. The predicted octanol–water partition coefficient (Wildman–Crippen LogP) is 6.21. The molecule has 0 saturated carbocycles. The number of hydrogen-bond donors (Lipinski definition) is 2. The fourth-order valence-corrected chi connectivity index (χ4v) is 3.40. The highest BCUT2D eigenvalue weighted by Gasteiger charge is 2.19. The summed E-state index contributed by atoms with van der Waals surface area (Å²) in [6, 6.07) is 13.7. The Morgan fingerprint density at radius 1 is 1.12 bits per heavy atom. The van der Waals surface area contributed by atoms with Crippen LogP contribution in [0.4, 0.5) is 0 Å². The van der Waals surface area contributed by atoms with E-state index >= 15 is 0 Å². The molecule has 2 rings (SSSR count). The van der Waals surface area contributed by atoms with E-state index in [1.54, 1.807) is 13.8 Å². The molecule has 5 nitrogen and oxygen atoms in total. The van der Waals surface area contributed by atoms with E-state index in [4.69, 9.17) is 15.2 Å². The summed E-state index contributed by atoms with van der Waals surface area (Å²) in [7, 11) is 0. The van der Waals surface area contributed by atoms with Crippen molar-refractivity contribution in [2.75, 3.05) is 6.61 Å². The Kier molecular flexibility index (Phi) is 9.30. The molecule has 0 unspecified atom stereocenters. The van der Waals surface area contributed by atoms with Crippen LogP contribution in [0.3, 0.4) is 0 Å².